The zero-order chi connectivity index (χ0) is 35.1. The molecule has 1 aliphatic carbocycles. The van der Waals surface area contributed by atoms with E-state index in [1.54, 1.807) is 12.1 Å². The van der Waals surface area contributed by atoms with E-state index in [1.165, 1.54) is 34.6 Å². The molecular formula is C33H37Cl2F2N3O8S. The quantitative estimate of drug-likeness (QED) is 0.110. The molecule has 5 rings (SSSR count). The van der Waals surface area contributed by atoms with Gasteiger partial charge in [0.05, 0.1) is 31.6 Å². The van der Waals surface area contributed by atoms with Gasteiger partial charge in [-0.1, -0.05) is 41.4 Å². The molecule has 16 heteroatoms. The predicted molar refractivity (Wildman–Crippen MR) is 178 cm³/mol. The topological polar surface area (TPSA) is 122 Å². The van der Waals surface area contributed by atoms with Crippen LogP contribution in [0.1, 0.15) is 46.0 Å². The van der Waals surface area contributed by atoms with E-state index in [4.69, 9.17) is 37.4 Å². The molecule has 1 aromatic heterocycles. The third-order valence-electron chi connectivity index (χ3n) is 8.21. The van der Waals surface area contributed by atoms with Gasteiger partial charge in [-0.2, -0.15) is 17.8 Å². The number of carbonyl (C=O) groups excluding carboxylic acids is 1. The monoisotopic (exact) mass is 743 g/mol. The summed E-state index contributed by atoms with van der Waals surface area (Å²) >= 11 is 12.7. The second-order valence-corrected chi connectivity index (χ2v) is 14.8. The van der Waals surface area contributed by atoms with Crippen LogP contribution in [0.4, 0.5) is 8.78 Å². The number of ether oxygens (including phenoxy) is 4. The molecule has 2 fully saturated rings. The fourth-order valence-corrected chi connectivity index (χ4v) is 6.64. The number of sulfonamides is 1. The van der Waals surface area contributed by atoms with Crippen molar-refractivity contribution >= 4 is 39.2 Å². The number of rotatable bonds is 16. The van der Waals surface area contributed by atoms with Crippen molar-refractivity contribution in [3.05, 3.63) is 92.4 Å². The average Bonchev–Trinajstić information content (AvgIpc) is 3.88. The largest absolute Gasteiger partial charge is 0.619 e. The van der Waals surface area contributed by atoms with E-state index in [2.05, 4.69) is 9.64 Å². The number of pyridine rings is 1. The van der Waals surface area contributed by atoms with Crippen molar-refractivity contribution in [3.8, 4) is 11.5 Å². The number of carbonyl (C=O) groups is 1. The van der Waals surface area contributed by atoms with Crippen molar-refractivity contribution in [2.45, 2.75) is 38.5 Å². The molecule has 0 amide bonds. The fraction of sp³-hybridized carbons (Fsp3) is 0.455. The minimum Gasteiger partial charge on any atom is -0.619 e. The predicted octanol–water partition coefficient (Wildman–Crippen LogP) is 5.25. The Bertz CT molecular complexity index is 1690. The van der Waals surface area contributed by atoms with Crippen LogP contribution in [-0.4, -0.2) is 82.5 Å². The molecule has 1 aliphatic heterocycles. The lowest BCUT2D eigenvalue weighted by molar-refractivity contribution is -0.605. The Balaban J connectivity index is 1.35. The molecule has 2 aliphatic rings. The summed E-state index contributed by atoms with van der Waals surface area (Å²) in [5, 5.41) is 12.0. The Kier molecular flexibility index (Phi) is 12.6. The van der Waals surface area contributed by atoms with E-state index in [-0.39, 0.29) is 40.1 Å². The SMILES string of the molecule is CS(=O)(=O)N(CCN1CCOCC1)Cc1ccc(C(=O)OC(Cc2c(Cl)c[n+]([O-])cc2Cl)c2ccc(OC(F)F)c(OCC3CC3)c2)cc1. The van der Waals surface area contributed by atoms with Gasteiger partial charge in [0.25, 0.3) is 0 Å². The molecule has 1 saturated heterocycles. The van der Waals surface area contributed by atoms with Crippen molar-refractivity contribution in [1.82, 2.24) is 9.21 Å². The van der Waals surface area contributed by atoms with E-state index >= 15 is 0 Å². The summed E-state index contributed by atoms with van der Waals surface area (Å²) in [4.78, 5) is 15.7. The van der Waals surface area contributed by atoms with Gasteiger partial charge < -0.3 is 24.2 Å². The maximum absolute atomic E-state index is 13.5. The standard InChI is InChI=1S/C33H37Cl2F2N3O8S/c1-49(43,44)40(11-10-38-12-14-45-15-13-38)18-22-4-6-24(7-5-22)32(41)47-30(17-26-27(34)19-39(42)20-28(26)35)25-8-9-29(48-33(36)37)31(16-25)46-21-23-2-3-23/h4-9,16,19-20,23,30,33H,2-3,10-15,17-18,21H2,1H3. The molecule has 1 unspecified atom stereocenters. The van der Waals surface area contributed by atoms with Crippen molar-refractivity contribution in [2.75, 3.05) is 52.3 Å². The molecule has 1 atom stereocenters. The molecule has 2 heterocycles. The number of halogens is 4. The molecule has 2 aromatic carbocycles. The van der Waals surface area contributed by atoms with Crippen LogP contribution in [0.15, 0.2) is 54.9 Å². The number of alkyl halides is 2. The first kappa shape index (κ1) is 37.0. The van der Waals surface area contributed by atoms with Crippen LogP contribution in [0.5, 0.6) is 11.5 Å². The lowest BCUT2D eigenvalue weighted by Crippen LogP contribution is -2.42. The Morgan fingerprint density at radius 2 is 1.76 bits per heavy atom. The molecule has 11 nitrogen and oxygen atoms in total. The van der Waals surface area contributed by atoms with Crippen LogP contribution in [0, 0.1) is 11.1 Å². The van der Waals surface area contributed by atoms with Crippen LogP contribution >= 0.6 is 23.2 Å². The van der Waals surface area contributed by atoms with Gasteiger partial charge >= 0.3 is 12.6 Å². The third kappa shape index (κ3) is 10.9. The van der Waals surface area contributed by atoms with E-state index in [9.17, 15) is 27.2 Å². The van der Waals surface area contributed by atoms with Gasteiger partial charge in [0.1, 0.15) is 16.1 Å². The van der Waals surface area contributed by atoms with Gasteiger partial charge in [-0.15, -0.1) is 0 Å². The Labute approximate surface area is 293 Å². The number of hydrogen-bond donors (Lipinski definition) is 0. The zero-order valence-electron chi connectivity index (χ0n) is 26.7. The number of benzene rings is 2. The number of nitrogens with zero attached hydrogens (tertiary/aromatic N) is 3. The molecule has 0 bridgehead atoms. The van der Waals surface area contributed by atoms with Gasteiger partial charge in [-0.3, -0.25) is 4.90 Å². The third-order valence-corrected chi connectivity index (χ3v) is 10.1. The molecule has 0 spiro atoms. The first-order valence-corrected chi connectivity index (χ1v) is 18.3. The minimum absolute atomic E-state index is 0.0415. The molecule has 0 radical (unpaired) electrons. The van der Waals surface area contributed by atoms with Gasteiger partial charge in [-0.05, 0) is 54.2 Å². The lowest BCUT2D eigenvalue weighted by atomic mass is 10.0. The minimum atomic E-state index is -3.52. The highest BCUT2D eigenvalue weighted by Crippen LogP contribution is 2.38. The number of hydrogen-bond acceptors (Lipinski definition) is 9. The molecule has 266 valence electrons. The highest BCUT2D eigenvalue weighted by Gasteiger charge is 2.27. The van der Waals surface area contributed by atoms with Gasteiger partial charge in [0, 0.05) is 44.7 Å². The summed E-state index contributed by atoms with van der Waals surface area (Å²) in [5.41, 5.74) is 1.56. The summed E-state index contributed by atoms with van der Waals surface area (Å²) in [6.07, 6.45) is 4.22. The first-order chi connectivity index (χ1) is 23.4. The lowest BCUT2D eigenvalue weighted by Gasteiger charge is -2.29. The number of aromatic nitrogens is 1. The molecule has 3 aromatic rings. The smallest absolute Gasteiger partial charge is 0.387 e. The summed E-state index contributed by atoms with van der Waals surface area (Å²) in [5.74, 6) is -0.521. The van der Waals surface area contributed by atoms with E-state index in [1.807, 2.05) is 0 Å². The molecule has 0 N–H and O–H groups in total. The Hall–Kier alpha value is -3.27. The normalized spacial score (nSPS) is 16.1. The molecular weight excluding hydrogens is 707 g/mol. The summed E-state index contributed by atoms with van der Waals surface area (Å²) in [6, 6.07) is 10.6. The maximum Gasteiger partial charge on any atom is 0.387 e. The van der Waals surface area contributed by atoms with E-state index in [0.717, 1.165) is 44.6 Å². The fourth-order valence-electron chi connectivity index (χ4n) is 5.25. The van der Waals surface area contributed by atoms with Crippen molar-refractivity contribution in [2.24, 2.45) is 5.92 Å². The van der Waals surface area contributed by atoms with Crippen LogP contribution in [0.25, 0.3) is 0 Å². The maximum atomic E-state index is 13.5. The van der Waals surface area contributed by atoms with Crippen LogP contribution in [-0.2, 0) is 32.5 Å². The first-order valence-electron chi connectivity index (χ1n) is 15.7. The van der Waals surface area contributed by atoms with Crippen molar-refractivity contribution < 1.29 is 45.7 Å². The van der Waals surface area contributed by atoms with E-state index in [0.29, 0.717) is 60.2 Å². The zero-order valence-corrected chi connectivity index (χ0v) is 29.1. The van der Waals surface area contributed by atoms with Crippen LogP contribution < -0.4 is 14.2 Å². The Morgan fingerprint density at radius 1 is 1.08 bits per heavy atom. The summed E-state index contributed by atoms with van der Waals surface area (Å²) in [7, 11) is -3.52. The van der Waals surface area contributed by atoms with Crippen LogP contribution in [0.2, 0.25) is 10.0 Å². The van der Waals surface area contributed by atoms with Gasteiger partial charge in [0.2, 0.25) is 10.0 Å². The second-order valence-electron chi connectivity index (χ2n) is 12.0. The highest BCUT2D eigenvalue weighted by atomic mass is 35.5. The highest BCUT2D eigenvalue weighted by molar-refractivity contribution is 7.88. The van der Waals surface area contributed by atoms with Gasteiger partial charge in [0.15, 0.2) is 23.9 Å². The average molecular weight is 745 g/mol. The second kappa shape index (κ2) is 16.6. The van der Waals surface area contributed by atoms with Crippen molar-refractivity contribution in [3.63, 3.8) is 0 Å². The van der Waals surface area contributed by atoms with Gasteiger partial charge in [-0.25, -0.2) is 13.2 Å². The Morgan fingerprint density at radius 3 is 2.37 bits per heavy atom. The summed E-state index contributed by atoms with van der Waals surface area (Å²) in [6.45, 7) is 0.891. The number of morpholine rings is 1. The van der Waals surface area contributed by atoms with E-state index < -0.39 is 28.7 Å². The van der Waals surface area contributed by atoms with Crippen LogP contribution in [0.3, 0.4) is 0 Å². The number of esters is 1. The summed E-state index contributed by atoms with van der Waals surface area (Å²) < 4.78 is 75.1. The van der Waals surface area contributed by atoms with Crippen molar-refractivity contribution in [1.29, 1.82) is 0 Å². The molecule has 49 heavy (non-hydrogen) atoms. The molecule has 1 saturated carbocycles.